The number of rotatable bonds is 76. The third-order valence-corrected chi connectivity index (χ3v) is 19.7. The lowest BCUT2D eigenvalue weighted by Gasteiger charge is -2.21. The molecule has 0 aromatic carbocycles. The molecule has 0 heterocycles. The van der Waals surface area contributed by atoms with Crippen molar-refractivity contribution in [2.45, 2.75) is 419 Å². The van der Waals surface area contributed by atoms with E-state index in [2.05, 4.69) is 34.6 Å². The molecule has 0 aromatic heterocycles. The molecule has 0 aromatic rings. The summed E-state index contributed by atoms with van der Waals surface area (Å²) >= 11 is 0. The lowest BCUT2D eigenvalue weighted by atomic mass is 10.0. The highest BCUT2D eigenvalue weighted by atomic mass is 31.2. The number of hydrogen-bond donors (Lipinski definition) is 3. The normalized spacial score (nSPS) is 13.9. The van der Waals surface area contributed by atoms with Crippen molar-refractivity contribution in [3.05, 3.63) is 0 Å². The molecule has 19 heteroatoms. The van der Waals surface area contributed by atoms with Crippen LogP contribution in [0.15, 0.2) is 0 Å². The fraction of sp³-hybridized carbons (Fsp3) is 0.947. The van der Waals surface area contributed by atoms with Crippen molar-refractivity contribution >= 4 is 39.5 Å². The maximum absolute atomic E-state index is 13.1. The highest BCUT2D eigenvalue weighted by Crippen LogP contribution is 2.45. The van der Waals surface area contributed by atoms with Crippen LogP contribution < -0.4 is 0 Å². The molecule has 0 amide bonds. The van der Waals surface area contributed by atoms with Gasteiger partial charge in [-0.1, -0.05) is 349 Å². The first-order chi connectivity index (χ1) is 46.0. The summed E-state index contributed by atoms with van der Waals surface area (Å²) in [5.41, 5.74) is 0. The summed E-state index contributed by atoms with van der Waals surface area (Å²) in [7, 11) is -9.91. The van der Waals surface area contributed by atoms with Crippen molar-refractivity contribution in [2.24, 2.45) is 5.92 Å². The Hall–Kier alpha value is -1.94. The smallest absolute Gasteiger partial charge is 0.462 e. The van der Waals surface area contributed by atoms with Gasteiger partial charge >= 0.3 is 39.5 Å². The lowest BCUT2D eigenvalue weighted by Crippen LogP contribution is -2.30. The number of hydrogen-bond acceptors (Lipinski definition) is 15. The Bertz CT molecular complexity index is 1820. The molecule has 0 rings (SSSR count). The number of ether oxygens (including phenoxy) is 4. The quantitative estimate of drug-likeness (QED) is 0.0222. The van der Waals surface area contributed by atoms with Crippen molar-refractivity contribution in [2.75, 3.05) is 39.6 Å². The van der Waals surface area contributed by atoms with E-state index in [1.807, 2.05) is 0 Å². The molecule has 0 spiro atoms. The van der Waals surface area contributed by atoms with Crippen LogP contribution in [0.5, 0.6) is 0 Å². The molecule has 564 valence electrons. The monoisotopic (exact) mass is 1400 g/mol. The fourth-order valence-electron chi connectivity index (χ4n) is 11.7. The maximum Gasteiger partial charge on any atom is 0.472 e. The molecule has 0 aliphatic carbocycles. The maximum atomic E-state index is 13.1. The van der Waals surface area contributed by atoms with E-state index in [0.29, 0.717) is 25.7 Å². The summed E-state index contributed by atoms with van der Waals surface area (Å²) in [4.78, 5) is 72.7. The SMILES string of the molecule is CCCCCCCCCCCCCCCCCCCCCCC(=O)O[C@H](COC(=O)CCCCCCCCCCCCC(C)C)COP(=O)(O)OC[C@@H](O)COP(=O)(O)OC[C@@H](COC(=O)CCCCCCCCCCC)OC(=O)CCCCCCCCCCCCCCC. The van der Waals surface area contributed by atoms with Crippen molar-refractivity contribution in [3.8, 4) is 0 Å². The van der Waals surface area contributed by atoms with Crippen molar-refractivity contribution < 1.29 is 80.2 Å². The first kappa shape index (κ1) is 93.1. The Kier molecular flexibility index (Phi) is 67.7. The number of aliphatic hydroxyl groups excluding tert-OH is 1. The van der Waals surface area contributed by atoms with Crippen molar-refractivity contribution in [3.63, 3.8) is 0 Å². The molecular formula is C76H148O17P2. The number of unbranched alkanes of at least 4 members (excludes halogenated alkanes) is 48. The van der Waals surface area contributed by atoms with E-state index in [9.17, 15) is 43.2 Å². The molecule has 3 N–H and O–H groups in total. The standard InChI is InChI=1S/C76H148O17P2/c1-6-9-12-15-18-21-23-25-26-27-28-29-30-31-33-35-42-47-52-57-62-76(81)93-72(66-87-74(79)60-55-50-45-40-37-36-39-43-48-53-58-69(4)5)68-91-95(84,85)89-64-70(77)63-88-94(82,83)90-67-71(65-86-73(78)59-54-49-44-38-20-17-14-11-8-3)92-75(80)61-56-51-46-41-34-32-24-22-19-16-13-10-7-2/h69-72,77H,6-68H2,1-5H3,(H,82,83)(H,84,85)/t70-,71+,72+/m0/s1. The number of phosphoric ester groups is 2. The van der Waals surface area contributed by atoms with Gasteiger partial charge in [0.2, 0.25) is 0 Å². The number of carbonyl (C=O) groups is 4. The van der Waals surface area contributed by atoms with E-state index in [4.69, 9.17) is 37.0 Å². The summed E-state index contributed by atoms with van der Waals surface area (Å²) in [5, 5.41) is 10.6. The molecule has 17 nitrogen and oxygen atoms in total. The first-order valence-corrected chi connectivity index (χ1v) is 42.6. The van der Waals surface area contributed by atoms with Crippen molar-refractivity contribution in [1.82, 2.24) is 0 Å². The number of aliphatic hydroxyl groups is 1. The van der Waals surface area contributed by atoms with Crippen LogP contribution in [-0.4, -0.2) is 96.7 Å². The van der Waals surface area contributed by atoms with Gasteiger partial charge in [-0.25, -0.2) is 9.13 Å². The van der Waals surface area contributed by atoms with Crippen LogP contribution in [0.4, 0.5) is 0 Å². The Labute approximate surface area is 581 Å². The summed E-state index contributed by atoms with van der Waals surface area (Å²) < 4.78 is 68.5. The summed E-state index contributed by atoms with van der Waals surface area (Å²) in [6, 6.07) is 0. The molecule has 5 atom stereocenters. The van der Waals surface area contributed by atoms with E-state index >= 15 is 0 Å². The zero-order valence-corrected chi connectivity index (χ0v) is 63.6. The highest BCUT2D eigenvalue weighted by molar-refractivity contribution is 7.47. The Balaban J connectivity index is 5.20. The molecule has 0 fully saturated rings. The van der Waals surface area contributed by atoms with Gasteiger partial charge in [-0.2, -0.15) is 0 Å². The van der Waals surface area contributed by atoms with Gasteiger partial charge < -0.3 is 33.8 Å². The van der Waals surface area contributed by atoms with Gasteiger partial charge in [0.05, 0.1) is 26.4 Å². The average Bonchev–Trinajstić information content (AvgIpc) is 1.83. The summed E-state index contributed by atoms with van der Waals surface area (Å²) in [6.07, 6.45) is 58.3. The second-order valence-corrected chi connectivity index (χ2v) is 30.8. The minimum absolute atomic E-state index is 0.108. The Morgan fingerprint density at radius 1 is 0.284 bits per heavy atom. The van der Waals surface area contributed by atoms with E-state index in [-0.39, 0.29) is 25.7 Å². The third kappa shape index (κ3) is 70.3. The van der Waals surface area contributed by atoms with E-state index < -0.39 is 97.5 Å². The van der Waals surface area contributed by atoms with Crippen LogP contribution in [0.1, 0.15) is 401 Å². The van der Waals surface area contributed by atoms with E-state index in [0.717, 1.165) is 95.8 Å². The van der Waals surface area contributed by atoms with Crippen LogP contribution in [0.25, 0.3) is 0 Å². The number of esters is 4. The second kappa shape index (κ2) is 69.2. The van der Waals surface area contributed by atoms with Crippen LogP contribution in [0, 0.1) is 5.92 Å². The Morgan fingerprint density at radius 2 is 0.484 bits per heavy atom. The molecule has 95 heavy (non-hydrogen) atoms. The summed E-state index contributed by atoms with van der Waals surface area (Å²) in [5.74, 6) is -1.36. The molecule has 0 aliphatic heterocycles. The average molecular weight is 1400 g/mol. The van der Waals surface area contributed by atoms with E-state index in [1.54, 1.807) is 0 Å². The predicted octanol–water partition coefficient (Wildman–Crippen LogP) is 22.5. The van der Waals surface area contributed by atoms with Crippen molar-refractivity contribution in [1.29, 1.82) is 0 Å². The molecule has 0 bridgehead atoms. The second-order valence-electron chi connectivity index (χ2n) is 27.9. The van der Waals surface area contributed by atoms with Gasteiger partial charge in [0, 0.05) is 25.7 Å². The topological polar surface area (TPSA) is 237 Å². The van der Waals surface area contributed by atoms with Gasteiger partial charge in [-0.15, -0.1) is 0 Å². The minimum atomic E-state index is -4.96. The van der Waals surface area contributed by atoms with Gasteiger partial charge in [0.15, 0.2) is 12.2 Å². The zero-order chi connectivity index (χ0) is 69.8. The third-order valence-electron chi connectivity index (χ3n) is 17.8. The van der Waals surface area contributed by atoms with Gasteiger partial charge in [-0.3, -0.25) is 37.3 Å². The minimum Gasteiger partial charge on any atom is -0.462 e. The molecular weight excluding hydrogens is 1250 g/mol. The van der Waals surface area contributed by atoms with Crippen LogP contribution in [-0.2, 0) is 65.4 Å². The molecule has 0 aliphatic rings. The molecule has 2 unspecified atom stereocenters. The molecule has 0 radical (unpaired) electrons. The molecule has 0 saturated heterocycles. The van der Waals surface area contributed by atoms with Gasteiger partial charge in [0.25, 0.3) is 0 Å². The van der Waals surface area contributed by atoms with Gasteiger partial charge in [0.1, 0.15) is 19.3 Å². The first-order valence-electron chi connectivity index (χ1n) is 39.6. The van der Waals surface area contributed by atoms with E-state index in [1.165, 1.54) is 225 Å². The Morgan fingerprint density at radius 3 is 0.716 bits per heavy atom. The van der Waals surface area contributed by atoms with Crippen LogP contribution >= 0.6 is 15.6 Å². The number of phosphoric acid groups is 2. The highest BCUT2D eigenvalue weighted by Gasteiger charge is 2.30. The zero-order valence-electron chi connectivity index (χ0n) is 61.8. The summed E-state index contributed by atoms with van der Waals surface area (Å²) in [6.45, 7) is 7.27. The number of carbonyl (C=O) groups excluding carboxylic acids is 4. The van der Waals surface area contributed by atoms with Crippen LogP contribution in [0.3, 0.4) is 0 Å². The van der Waals surface area contributed by atoms with Crippen LogP contribution in [0.2, 0.25) is 0 Å². The largest absolute Gasteiger partial charge is 0.472 e. The van der Waals surface area contributed by atoms with Gasteiger partial charge in [-0.05, 0) is 31.6 Å². The molecule has 0 saturated carbocycles. The fourth-order valence-corrected chi connectivity index (χ4v) is 13.3. The lowest BCUT2D eigenvalue weighted by molar-refractivity contribution is -0.161. The predicted molar refractivity (Wildman–Crippen MR) is 386 cm³/mol.